The quantitative estimate of drug-likeness (QED) is 0.296. The zero-order valence-electron chi connectivity index (χ0n) is 25.2. The molecule has 2 aliphatic rings. The Kier molecular flexibility index (Phi) is 7.10. The van der Waals surface area contributed by atoms with Gasteiger partial charge in [0.05, 0.1) is 41.6 Å². The predicted molar refractivity (Wildman–Crippen MR) is 164 cm³/mol. The van der Waals surface area contributed by atoms with Gasteiger partial charge in [-0.2, -0.15) is 0 Å². The van der Waals surface area contributed by atoms with Crippen molar-refractivity contribution in [2.24, 2.45) is 0 Å². The number of aromatic amines is 1. The Morgan fingerprint density at radius 3 is 2.50 bits per heavy atom. The molecule has 0 bridgehead atoms. The van der Waals surface area contributed by atoms with Gasteiger partial charge in [0.15, 0.2) is 11.5 Å². The summed E-state index contributed by atoms with van der Waals surface area (Å²) < 4.78 is 23.6. The monoisotopic (exact) mass is 598 g/mol. The van der Waals surface area contributed by atoms with Gasteiger partial charge in [-0.25, -0.2) is 9.97 Å². The summed E-state index contributed by atoms with van der Waals surface area (Å²) in [7, 11) is 1.64. The first-order chi connectivity index (χ1) is 21.4. The average Bonchev–Trinajstić information content (AvgIpc) is 3.56. The Morgan fingerprint density at radius 2 is 1.80 bits per heavy atom. The first kappa shape index (κ1) is 28.1. The van der Waals surface area contributed by atoms with Crippen molar-refractivity contribution in [3.63, 3.8) is 0 Å². The second-order valence-corrected chi connectivity index (χ2v) is 11.1. The van der Waals surface area contributed by atoms with Gasteiger partial charge >= 0.3 is 0 Å². The third-order valence-electron chi connectivity index (χ3n) is 8.44. The summed E-state index contributed by atoms with van der Waals surface area (Å²) >= 11 is 0. The van der Waals surface area contributed by atoms with E-state index >= 15 is 0 Å². The van der Waals surface area contributed by atoms with E-state index in [0.717, 1.165) is 33.1 Å². The van der Waals surface area contributed by atoms with E-state index in [0.29, 0.717) is 97.2 Å². The topological polar surface area (TPSA) is 139 Å². The molecule has 0 atom stereocenters. The second kappa shape index (κ2) is 11.1. The summed E-state index contributed by atoms with van der Waals surface area (Å²) in [5.74, 6) is 2.78. The number of aryl methyl sites for hydroxylation is 3. The highest BCUT2D eigenvalue weighted by molar-refractivity contribution is 6.14. The van der Waals surface area contributed by atoms with Gasteiger partial charge in [0.1, 0.15) is 36.2 Å². The number of aliphatic hydroxyl groups excluding tert-OH is 1. The molecule has 5 aromatic rings. The lowest BCUT2D eigenvalue weighted by Gasteiger charge is -2.35. The first-order valence-electron chi connectivity index (χ1n) is 14.7. The highest BCUT2D eigenvalue weighted by Crippen LogP contribution is 2.46. The molecule has 12 heteroatoms. The molecule has 228 valence electrons. The van der Waals surface area contributed by atoms with Crippen LogP contribution in [0.4, 0.5) is 0 Å². The van der Waals surface area contributed by atoms with Crippen molar-refractivity contribution in [3.8, 4) is 39.6 Å². The third-order valence-corrected chi connectivity index (χ3v) is 8.44. The summed E-state index contributed by atoms with van der Waals surface area (Å²) in [5, 5.41) is 15.1. The highest BCUT2D eigenvalue weighted by atomic mass is 16.6. The standard InChI is InChI=1S/C32H34N6O6/c1-17-26(18(2)44-36-17)23-15-24-22(16-25(23)41-4)27-28(33-19(3)34-31(27)35-24)20-5-6-21(30-29(20)42-13-14-43-30)32(40)38-9-7-37(8-10-38)11-12-39/h5-6,15-16,39H,7-14H2,1-4H3,(H,33,34,35). The number of methoxy groups -OCH3 is 1. The zero-order chi connectivity index (χ0) is 30.5. The van der Waals surface area contributed by atoms with Gasteiger partial charge in [-0.1, -0.05) is 5.16 Å². The van der Waals surface area contributed by atoms with E-state index in [2.05, 4.69) is 15.0 Å². The smallest absolute Gasteiger partial charge is 0.257 e. The highest BCUT2D eigenvalue weighted by Gasteiger charge is 2.31. The molecule has 0 radical (unpaired) electrons. The molecular formula is C32H34N6O6. The van der Waals surface area contributed by atoms with Crippen LogP contribution in [0.1, 0.15) is 27.6 Å². The molecule has 7 rings (SSSR count). The fraction of sp³-hybridized carbons (Fsp3) is 0.375. The van der Waals surface area contributed by atoms with Crippen molar-refractivity contribution in [2.45, 2.75) is 20.8 Å². The van der Waals surface area contributed by atoms with E-state index in [1.165, 1.54) is 0 Å². The summed E-state index contributed by atoms with van der Waals surface area (Å²) in [6, 6.07) is 7.70. The molecule has 1 amide bonds. The van der Waals surface area contributed by atoms with Gasteiger partial charge in [0.25, 0.3) is 5.91 Å². The summed E-state index contributed by atoms with van der Waals surface area (Å²) in [6.07, 6.45) is 0. The maximum Gasteiger partial charge on any atom is 0.257 e. The van der Waals surface area contributed by atoms with E-state index in [9.17, 15) is 9.90 Å². The maximum absolute atomic E-state index is 13.7. The summed E-state index contributed by atoms with van der Waals surface area (Å²) in [4.78, 5) is 30.8. The van der Waals surface area contributed by atoms with Gasteiger partial charge in [0.2, 0.25) is 0 Å². The minimum atomic E-state index is -0.102. The minimum absolute atomic E-state index is 0.102. The van der Waals surface area contributed by atoms with Crippen LogP contribution in [0, 0.1) is 20.8 Å². The number of nitrogens with one attached hydrogen (secondary N) is 1. The Bertz CT molecular complexity index is 1890. The fourth-order valence-electron chi connectivity index (χ4n) is 6.34. The number of carbonyl (C=O) groups is 1. The Labute approximate surface area is 253 Å². The van der Waals surface area contributed by atoms with Gasteiger partial charge in [0, 0.05) is 54.8 Å². The van der Waals surface area contributed by atoms with Crippen LogP contribution in [0.25, 0.3) is 44.3 Å². The van der Waals surface area contributed by atoms with Crippen molar-refractivity contribution < 1.29 is 28.6 Å². The van der Waals surface area contributed by atoms with Crippen molar-refractivity contribution in [2.75, 3.05) is 59.7 Å². The number of rotatable bonds is 6. The number of fused-ring (bicyclic) bond motifs is 4. The van der Waals surface area contributed by atoms with Crippen LogP contribution in [0.3, 0.4) is 0 Å². The molecule has 0 spiro atoms. The van der Waals surface area contributed by atoms with Gasteiger partial charge in [-0.05, 0) is 45.0 Å². The largest absolute Gasteiger partial charge is 0.496 e. The Morgan fingerprint density at radius 1 is 1.02 bits per heavy atom. The van der Waals surface area contributed by atoms with Crippen molar-refractivity contribution in [1.82, 2.24) is 29.9 Å². The molecule has 0 aliphatic carbocycles. The number of carbonyl (C=O) groups excluding carboxylic acids is 1. The number of aliphatic hydroxyl groups is 1. The SMILES string of the molecule is COc1cc2c(cc1-c1c(C)noc1C)[nH]c1nc(C)nc(-c3ccc(C(=O)N4CCN(CCO)CC4)c4c3OCCO4)c12. The molecule has 2 N–H and O–H groups in total. The van der Waals surface area contributed by atoms with E-state index < -0.39 is 0 Å². The van der Waals surface area contributed by atoms with Crippen LogP contribution < -0.4 is 14.2 Å². The number of hydrogen-bond acceptors (Lipinski definition) is 10. The van der Waals surface area contributed by atoms with E-state index in [-0.39, 0.29) is 12.5 Å². The molecule has 3 aromatic heterocycles. The second-order valence-electron chi connectivity index (χ2n) is 11.1. The lowest BCUT2D eigenvalue weighted by Crippen LogP contribution is -2.49. The normalized spacial score (nSPS) is 15.3. The Hall–Kier alpha value is -4.68. The molecule has 1 fully saturated rings. The molecule has 2 aromatic carbocycles. The van der Waals surface area contributed by atoms with E-state index in [1.807, 2.05) is 43.9 Å². The number of piperazine rings is 1. The molecule has 12 nitrogen and oxygen atoms in total. The third kappa shape index (κ3) is 4.61. The minimum Gasteiger partial charge on any atom is -0.496 e. The van der Waals surface area contributed by atoms with Crippen LogP contribution in [0.15, 0.2) is 28.8 Å². The molecule has 0 unspecified atom stereocenters. The Balaban J connectivity index is 1.36. The van der Waals surface area contributed by atoms with Crippen LogP contribution >= 0.6 is 0 Å². The molecule has 44 heavy (non-hydrogen) atoms. The first-order valence-corrected chi connectivity index (χ1v) is 14.7. The van der Waals surface area contributed by atoms with E-state index in [4.69, 9.17) is 28.7 Å². The molecule has 1 saturated heterocycles. The average molecular weight is 599 g/mol. The number of nitrogens with zero attached hydrogens (tertiary/aromatic N) is 5. The summed E-state index contributed by atoms with van der Waals surface area (Å²) in [5.41, 5.74) is 5.91. The van der Waals surface area contributed by atoms with Crippen LogP contribution in [-0.4, -0.2) is 101 Å². The number of H-pyrrole nitrogens is 1. The number of aromatic nitrogens is 4. The predicted octanol–water partition coefficient (Wildman–Crippen LogP) is 3.89. The van der Waals surface area contributed by atoms with Crippen LogP contribution in [0.5, 0.6) is 17.2 Å². The lowest BCUT2D eigenvalue weighted by atomic mass is 9.98. The number of amides is 1. The summed E-state index contributed by atoms with van der Waals surface area (Å²) in [6.45, 7) is 9.63. The van der Waals surface area contributed by atoms with Crippen molar-refractivity contribution in [1.29, 1.82) is 0 Å². The number of benzene rings is 2. The number of β-amino-alcohol motifs (C(OH)–C–C–N with tert-alkyl or cyclic N) is 1. The van der Waals surface area contributed by atoms with Crippen LogP contribution in [-0.2, 0) is 0 Å². The zero-order valence-corrected chi connectivity index (χ0v) is 25.2. The van der Waals surface area contributed by atoms with Crippen molar-refractivity contribution in [3.05, 3.63) is 47.1 Å². The lowest BCUT2D eigenvalue weighted by molar-refractivity contribution is 0.0606. The van der Waals surface area contributed by atoms with Crippen molar-refractivity contribution >= 4 is 27.8 Å². The molecule has 2 aliphatic heterocycles. The molecular weight excluding hydrogens is 564 g/mol. The molecule has 0 saturated carbocycles. The fourth-order valence-corrected chi connectivity index (χ4v) is 6.34. The van der Waals surface area contributed by atoms with Crippen LogP contribution in [0.2, 0.25) is 0 Å². The van der Waals surface area contributed by atoms with E-state index in [1.54, 1.807) is 13.2 Å². The maximum atomic E-state index is 13.7. The number of ether oxygens (including phenoxy) is 3. The van der Waals surface area contributed by atoms with Gasteiger partial charge in [-0.15, -0.1) is 0 Å². The van der Waals surface area contributed by atoms with Gasteiger partial charge in [-0.3, -0.25) is 9.69 Å². The van der Waals surface area contributed by atoms with Gasteiger partial charge < -0.3 is 33.7 Å². The molecule has 5 heterocycles. The number of hydrogen-bond donors (Lipinski definition) is 2.